The molecule has 4 bridgehead atoms. The van der Waals surface area contributed by atoms with Crippen molar-refractivity contribution < 1.29 is 28.7 Å². The molecule has 1 atom stereocenters. The normalized spacial score (nSPS) is 25.4. The van der Waals surface area contributed by atoms with E-state index in [0.717, 1.165) is 52.0 Å². The number of nitrogens with zero attached hydrogens (tertiary/aromatic N) is 1. The number of carbonyl (C=O) groups excluding carboxylic acids is 4. The van der Waals surface area contributed by atoms with E-state index < -0.39 is 36.0 Å². The highest BCUT2D eigenvalue weighted by Gasteiger charge is 2.53. The number of hydrogen-bond donors (Lipinski definition) is 2. The van der Waals surface area contributed by atoms with Crippen LogP contribution in [0.15, 0.2) is 35.2 Å². The number of thiophene rings is 1. The van der Waals surface area contributed by atoms with Crippen molar-refractivity contribution in [2.45, 2.75) is 103 Å². The van der Waals surface area contributed by atoms with Crippen molar-refractivity contribution in [1.29, 1.82) is 0 Å². The molecule has 3 N–H and O–H groups in total. The Morgan fingerprint density at radius 2 is 1.73 bits per heavy atom. The molecule has 9 nitrogen and oxygen atoms in total. The van der Waals surface area contributed by atoms with Gasteiger partial charge in [0.15, 0.2) is 0 Å². The third kappa shape index (κ3) is 9.36. The van der Waals surface area contributed by atoms with Gasteiger partial charge in [0.25, 0.3) is 5.91 Å². The number of aryl methyl sites for hydroxylation is 1. The van der Waals surface area contributed by atoms with Gasteiger partial charge in [-0.25, -0.2) is 9.59 Å². The summed E-state index contributed by atoms with van der Waals surface area (Å²) < 4.78 is 11.3. The summed E-state index contributed by atoms with van der Waals surface area (Å²) in [5, 5.41) is 3.06. The summed E-state index contributed by atoms with van der Waals surface area (Å²) in [6.07, 6.45) is 10.0. The zero-order valence-corrected chi connectivity index (χ0v) is 32.5. The van der Waals surface area contributed by atoms with Gasteiger partial charge in [-0.15, -0.1) is 11.3 Å². The maximum absolute atomic E-state index is 14.0. The van der Waals surface area contributed by atoms with Crippen LogP contribution in [0.4, 0.5) is 4.79 Å². The number of nitrogens with two attached hydrogens (primary N) is 1. The lowest BCUT2D eigenvalue weighted by atomic mass is 9.54. The van der Waals surface area contributed by atoms with Gasteiger partial charge in [0.05, 0.1) is 17.9 Å². The molecule has 2 aromatic rings. The summed E-state index contributed by atoms with van der Waals surface area (Å²) >= 11 is 15.1. The van der Waals surface area contributed by atoms with E-state index in [1.54, 1.807) is 32.1 Å². The molecular formula is C38H46ClN3O6S3. The highest BCUT2D eigenvalue weighted by molar-refractivity contribution is 8.26. The summed E-state index contributed by atoms with van der Waals surface area (Å²) in [4.78, 5) is 55.2. The number of carbonyl (C=O) groups is 4. The van der Waals surface area contributed by atoms with Crippen LogP contribution in [-0.2, 0) is 30.3 Å². The molecule has 1 aromatic carbocycles. The molecule has 2 heterocycles. The van der Waals surface area contributed by atoms with Crippen LogP contribution in [-0.4, -0.2) is 57.4 Å². The van der Waals surface area contributed by atoms with Crippen LogP contribution in [0.25, 0.3) is 16.5 Å². The summed E-state index contributed by atoms with van der Waals surface area (Å²) in [5.41, 5.74) is 6.73. The van der Waals surface area contributed by atoms with Crippen molar-refractivity contribution in [2.24, 2.45) is 29.4 Å². The lowest BCUT2D eigenvalue weighted by molar-refractivity contribution is -0.147. The number of nitrogens with one attached hydrogen (secondary N) is 1. The predicted octanol–water partition coefficient (Wildman–Crippen LogP) is 8.12. The van der Waals surface area contributed by atoms with E-state index in [-0.39, 0.29) is 18.6 Å². The number of benzene rings is 1. The summed E-state index contributed by atoms with van der Waals surface area (Å²) in [7, 11) is 0. The Kier molecular flexibility index (Phi) is 11.8. The number of hydrogen-bond acceptors (Lipinski definition) is 9. The van der Waals surface area contributed by atoms with E-state index in [4.69, 9.17) is 39.0 Å². The fourth-order valence-electron chi connectivity index (χ4n) is 8.40. The third-order valence-electron chi connectivity index (χ3n) is 10.2. The Morgan fingerprint density at radius 3 is 2.35 bits per heavy atom. The second-order valence-electron chi connectivity index (χ2n) is 15.3. The summed E-state index contributed by atoms with van der Waals surface area (Å²) in [6.45, 7) is 5.22. The number of amides is 3. The van der Waals surface area contributed by atoms with Gasteiger partial charge in [0.2, 0.25) is 5.91 Å². The first kappa shape index (κ1) is 37.8. The summed E-state index contributed by atoms with van der Waals surface area (Å²) in [5.74, 6) is 1.34. The lowest BCUT2D eigenvalue weighted by Crippen LogP contribution is -2.57. The minimum Gasteiger partial charge on any atom is -0.464 e. The van der Waals surface area contributed by atoms with Crippen molar-refractivity contribution in [2.75, 3.05) is 6.61 Å². The highest BCUT2D eigenvalue weighted by Crippen LogP contribution is 2.56. The maximum atomic E-state index is 14.0. The Hall–Kier alpha value is -2.93. The molecule has 4 aliphatic carbocycles. The van der Waals surface area contributed by atoms with Gasteiger partial charge in [-0.3, -0.25) is 14.5 Å². The molecular weight excluding hydrogens is 726 g/mol. The SMILES string of the molecule is CC(C)(C)OC(=O)N[C@@H](CC(N)=O)C(=O)OCCCCCc1cc(-c2ccc(Cl)cc2)sc1/C=C1\SC(=S)N(C2C3CC4CC(C3)CC2C4)C1=O. The predicted molar refractivity (Wildman–Crippen MR) is 206 cm³/mol. The van der Waals surface area contributed by atoms with Crippen LogP contribution in [0.2, 0.25) is 5.02 Å². The molecule has 0 spiro atoms. The molecule has 1 aliphatic heterocycles. The number of thioether (sulfide) groups is 1. The van der Waals surface area contributed by atoms with Crippen molar-refractivity contribution in [3.63, 3.8) is 0 Å². The fraction of sp³-hybridized carbons (Fsp3) is 0.553. The van der Waals surface area contributed by atoms with Gasteiger partial charge in [0, 0.05) is 20.8 Å². The van der Waals surface area contributed by atoms with E-state index in [9.17, 15) is 19.2 Å². The fourth-order valence-corrected chi connectivity index (χ4v) is 11.1. The Morgan fingerprint density at radius 1 is 1.06 bits per heavy atom. The molecule has 3 amide bonds. The Balaban J connectivity index is 1.09. The zero-order valence-electron chi connectivity index (χ0n) is 29.3. The van der Waals surface area contributed by atoms with Crippen LogP contribution in [0.5, 0.6) is 0 Å². The van der Waals surface area contributed by atoms with Crippen LogP contribution in [0.3, 0.4) is 0 Å². The highest BCUT2D eigenvalue weighted by atomic mass is 35.5. The Labute approximate surface area is 318 Å². The van der Waals surface area contributed by atoms with Gasteiger partial charge in [-0.05, 0) is 138 Å². The molecule has 1 saturated heterocycles. The average Bonchev–Trinajstić information content (AvgIpc) is 3.56. The Bertz CT molecular complexity index is 1670. The van der Waals surface area contributed by atoms with Crippen molar-refractivity contribution in [3.05, 3.63) is 50.7 Å². The van der Waals surface area contributed by atoms with E-state index in [0.29, 0.717) is 32.5 Å². The minimum absolute atomic E-state index is 0.0486. The first-order valence-corrected chi connectivity index (χ1v) is 20.3. The van der Waals surface area contributed by atoms with Crippen LogP contribution in [0.1, 0.15) is 89.0 Å². The quantitative estimate of drug-likeness (QED) is 0.0905. The second kappa shape index (κ2) is 16.0. The maximum Gasteiger partial charge on any atom is 0.408 e. The standard InChI is InChI=1S/C38H46ClN3O6S3/c1-38(2,3)48-36(46)41-28(19-32(40)43)35(45)47-12-6-4-5-7-24-18-29(23-8-10-27(39)11-9-23)50-30(24)20-31-34(44)42(37(49)51-31)33-25-14-21-13-22(16-25)17-26(33)15-21/h8-11,18,20-22,25-26,28,33H,4-7,12-17,19H2,1-3H3,(H2,40,43)(H,41,46)/b31-20-/t21?,22?,25?,26?,28-,33?/m0/s1. The van der Waals surface area contributed by atoms with Crippen LogP contribution in [0, 0.1) is 23.7 Å². The second-order valence-corrected chi connectivity index (χ2v) is 18.5. The van der Waals surface area contributed by atoms with Crippen molar-refractivity contribution in [3.8, 4) is 10.4 Å². The number of esters is 1. The number of unbranched alkanes of at least 4 members (excludes halogenated alkanes) is 2. The molecule has 51 heavy (non-hydrogen) atoms. The molecule has 1 aromatic heterocycles. The number of halogens is 1. The molecule has 274 valence electrons. The molecule has 0 unspecified atom stereocenters. The topological polar surface area (TPSA) is 128 Å². The molecule has 13 heteroatoms. The van der Waals surface area contributed by atoms with Gasteiger partial charge in [-0.1, -0.05) is 47.7 Å². The van der Waals surface area contributed by atoms with E-state index in [2.05, 4.69) is 11.4 Å². The van der Waals surface area contributed by atoms with E-state index >= 15 is 0 Å². The lowest BCUT2D eigenvalue weighted by Gasteiger charge is -2.56. The number of primary amides is 1. The molecule has 5 aliphatic rings. The molecule has 4 saturated carbocycles. The van der Waals surface area contributed by atoms with Crippen LogP contribution >= 0.6 is 46.9 Å². The molecule has 0 radical (unpaired) electrons. The monoisotopic (exact) mass is 771 g/mol. The number of rotatable bonds is 13. The minimum atomic E-state index is -1.23. The van der Waals surface area contributed by atoms with Gasteiger partial charge in [0.1, 0.15) is 16.0 Å². The van der Waals surface area contributed by atoms with Crippen molar-refractivity contribution >= 4 is 81.2 Å². The van der Waals surface area contributed by atoms with Crippen molar-refractivity contribution in [1.82, 2.24) is 10.2 Å². The smallest absolute Gasteiger partial charge is 0.408 e. The van der Waals surface area contributed by atoms with Gasteiger partial charge in [-0.2, -0.15) is 0 Å². The van der Waals surface area contributed by atoms with Gasteiger partial charge < -0.3 is 20.5 Å². The van der Waals surface area contributed by atoms with E-state index in [1.165, 1.54) is 43.9 Å². The first-order valence-electron chi connectivity index (χ1n) is 17.8. The van der Waals surface area contributed by atoms with Gasteiger partial charge >= 0.3 is 12.1 Å². The first-order chi connectivity index (χ1) is 24.2. The largest absolute Gasteiger partial charge is 0.464 e. The molecule has 5 fully saturated rings. The summed E-state index contributed by atoms with van der Waals surface area (Å²) in [6, 6.07) is 8.96. The average molecular weight is 772 g/mol. The number of ether oxygens (including phenoxy) is 2. The van der Waals surface area contributed by atoms with Crippen LogP contribution < -0.4 is 11.1 Å². The number of thiocarbonyl (C=S) groups is 1. The zero-order chi connectivity index (χ0) is 36.4. The molecule has 7 rings (SSSR count). The number of alkyl carbamates (subject to hydrolysis) is 1. The third-order valence-corrected chi connectivity index (χ3v) is 13.0. The van der Waals surface area contributed by atoms with E-state index in [1.807, 2.05) is 35.2 Å².